The van der Waals surface area contributed by atoms with E-state index in [2.05, 4.69) is 31.9 Å². The minimum absolute atomic E-state index is 0.134. The van der Waals surface area contributed by atoms with Gasteiger partial charge in [-0.15, -0.1) is 0 Å². The topological polar surface area (TPSA) is 80.5 Å². The molecule has 0 aromatic heterocycles. The zero-order valence-corrected chi connectivity index (χ0v) is 13.8. The predicted octanol–water partition coefficient (Wildman–Crippen LogP) is 1.85. The number of benzene rings is 1. The molecule has 0 aliphatic carbocycles. The van der Waals surface area contributed by atoms with Gasteiger partial charge in [0.2, 0.25) is 15.9 Å². The van der Waals surface area contributed by atoms with E-state index in [1.54, 1.807) is 12.1 Å². The molecule has 104 valence electrons. The van der Waals surface area contributed by atoms with Gasteiger partial charge >= 0.3 is 0 Å². The van der Waals surface area contributed by atoms with E-state index in [-0.39, 0.29) is 4.90 Å². The van der Waals surface area contributed by atoms with Crippen molar-refractivity contribution in [3.8, 4) is 0 Å². The van der Waals surface area contributed by atoms with Gasteiger partial charge in [-0.25, -0.2) is 8.42 Å². The van der Waals surface area contributed by atoms with Gasteiger partial charge in [-0.1, -0.05) is 15.9 Å². The lowest BCUT2D eigenvalue weighted by Gasteiger charge is -2.22. The molecule has 1 fully saturated rings. The molecule has 0 radical (unpaired) electrons. The maximum absolute atomic E-state index is 12.6. The number of carbonyl (C=O) groups excluding carboxylic acids is 1. The molecular formula is C11H12Br2N2O3S. The molecule has 1 heterocycles. The van der Waals surface area contributed by atoms with Crippen molar-refractivity contribution in [2.24, 2.45) is 5.73 Å². The summed E-state index contributed by atoms with van der Waals surface area (Å²) in [5, 5.41) is 0. The zero-order valence-electron chi connectivity index (χ0n) is 9.84. The third kappa shape index (κ3) is 2.86. The molecule has 1 aromatic carbocycles. The lowest BCUT2D eigenvalue weighted by molar-refractivity contribution is -0.121. The third-order valence-corrected chi connectivity index (χ3v) is 6.41. The van der Waals surface area contributed by atoms with Gasteiger partial charge in [0.25, 0.3) is 0 Å². The second-order valence-corrected chi connectivity index (χ2v) is 7.88. The number of primary amides is 1. The largest absolute Gasteiger partial charge is 0.368 e. The van der Waals surface area contributed by atoms with Gasteiger partial charge in [0.05, 0.1) is 4.90 Å². The van der Waals surface area contributed by atoms with Crippen LogP contribution < -0.4 is 5.73 Å². The van der Waals surface area contributed by atoms with Crippen molar-refractivity contribution >= 4 is 47.8 Å². The van der Waals surface area contributed by atoms with Crippen LogP contribution in [-0.4, -0.2) is 31.2 Å². The van der Waals surface area contributed by atoms with Crippen molar-refractivity contribution in [3.63, 3.8) is 0 Å². The van der Waals surface area contributed by atoms with Crippen molar-refractivity contribution in [3.05, 3.63) is 27.1 Å². The molecule has 1 saturated heterocycles. The van der Waals surface area contributed by atoms with E-state index in [1.807, 2.05) is 0 Å². The Morgan fingerprint density at radius 1 is 1.37 bits per heavy atom. The molecule has 1 amide bonds. The molecule has 1 aromatic rings. The molecule has 0 spiro atoms. The molecule has 0 unspecified atom stereocenters. The highest BCUT2D eigenvalue weighted by Gasteiger charge is 2.39. The van der Waals surface area contributed by atoms with E-state index in [0.717, 1.165) is 0 Å². The Bertz CT molecular complexity index is 618. The van der Waals surface area contributed by atoms with E-state index < -0.39 is 22.0 Å². The van der Waals surface area contributed by atoms with Gasteiger partial charge in [-0.3, -0.25) is 4.79 Å². The van der Waals surface area contributed by atoms with Crippen LogP contribution in [0, 0.1) is 0 Å². The first kappa shape index (κ1) is 15.0. The van der Waals surface area contributed by atoms with Crippen molar-refractivity contribution < 1.29 is 13.2 Å². The Morgan fingerprint density at radius 3 is 2.68 bits per heavy atom. The van der Waals surface area contributed by atoms with Gasteiger partial charge in [0.15, 0.2) is 0 Å². The summed E-state index contributed by atoms with van der Waals surface area (Å²) in [4.78, 5) is 11.5. The second-order valence-electron chi connectivity index (χ2n) is 4.25. The van der Waals surface area contributed by atoms with Gasteiger partial charge in [-0.05, 0) is 47.0 Å². The number of nitrogens with zero attached hydrogens (tertiary/aromatic N) is 1. The van der Waals surface area contributed by atoms with Gasteiger partial charge in [-0.2, -0.15) is 4.31 Å². The highest BCUT2D eigenvalue weighted by molar-refractivity contribution is 9.11. The third-order valence-electron chi connectivity index (χ3n) is 3.01. The van der Waals surface area contributed by atoms with Crippen LogP contribution in [0.25, 0.3) is 0 Å². The summed E-state index contributed by atoms with van der Waals surface area (Å²) < 4.78 is 27.5. The van der Waals surface area contributed by atoms with Crippen LogP contribution in [0.3, 0.4) is 0 Å². The minimum Gasteiger partial charge on any atom is -0.368 e. The lowest BCUT2D eigenvalue weighted by Crippen LogP contribution is -2.43. The Labute approximate surface area is 128 Å². The Hall–Kier alpha value is -0.440. The highest BCUT2D eigenvalue weighted by atomic mass is 79.9. The predicted molar refractivity (Wildman–Crippen MR) is 78.0 cm³/mol. The maximum Gasteiger partial charge on any atom is 0.244 e. The maximum atomic E-state index is 12.6. The fraction of sp³-hybridized carbons (Fsp3) is 0.364. The van der Waals surface area contributed by atoms with Crippen molar-refractivity contribution in [2.45, 2.75) is 23.8 Å². The normalized spacial score (nSPS) is 20.6. The molecule has 2 rings (SSSR count). The summed E-state index contributed by atoms with van der Waals surface area (Å²) in [5.41, 5.74) is 5.26. The van der Waals surface area contributed by atoms with Gasteiger partial charge < -0.3 is 5.73 Å². The number of hydrogen-bond acceptors (Lipinski definition) is 3. The quantitative estimate of drug-likeness (QED) is 0.823. The Kier molecular flexibility index (Phi) is 4.34. The van der Waals surface area contributed by atoms with Crippen LogP contribution >= 0.6 is 31.9 Å². The molecule has 2 N–H and O–H groups in total. The average Bonchev–Trinajstić information content (AvgIpc) is 2.82. The van der Waals surface area contributed by atoms with Crippen LogP contribution in [0.1, 0.15) is 12.8 Å². The number of hydrogen-bond donors (Lipinski definition) is 1. The van der Waals surface area contributed by atoms with Crippen LogP contribution in [0.5, 0.6) is 0 Å². The SMILES string of the molecule is NC(=O)[C@@H]1CCCN1S(=O)(=O)c1cc(Br)ccc1Br. The lowest BCUT2D eigenvalue weighted by atomic mass is 10.2. The molecule has 0 saturated carbocycles. The first-order valence-electron chi connectivity index (χ1n) is 5.60. The molecule has 1 aliphatic heterocycles. The summed E-state index contributed by atoms with van der Waals surface area (Å²) in [6, 6.07) is 4.14. The molecule has 5 nitrogen and oxygen atoms in total. The smallest absolute Gasteiger partial charge is 0.244 e. The molecule has 1 atom stereocenters. The fourth-order valence-corrected chi connectivity index (χ4v) is 5.24. The first-order valence-corrected chi connectivity index (χ1v) is 8.63. The summed E-state index contributed by atoms with van der Waals surface area (Å²) in [6.07, 6.45) is 1.11. The van der Waals surface area contributed by atoms with Crippen LogP contribution in [0.2, 0.25) is 0 Å². The molecule has 1 aliphatic rings. The summed E-state index contributed by atoms with van der Waals surface area (Å²) >= 11 is 6.47. The van der Waals surface area contributed by atoms with E-state index in [4.69, 9.17) is 5.73 Å². The summed E-state index contributed by atoms with van der Waals surface area (Å²) in [5.74, 6) is -0.604. The second kappa shape index (κ2) is 5.51. The van der Waals surface area contributed by atoms with Crippen LogP contribution in [0.4, 0.5) is 0 Å². The molecule has 0 bridgehead atoms. The monoisotopic (exact) mass is 410 g/mol. The van der Waals surface area contributed by atoms with E-state index in [9.17, 15) is 13.2 Å². The zero-order chi connectivity index (χ0) is 14.2. The van der Waals surface area contributed by atoms with Crippen molar-refractivity contribution in [1.29, 1.82) is 0 Å². The van der Waals surface area contributed by atoms with E-state index in [1.165, 1.54) is 10.4 Å². The highest BCUT2D eigenvalue weighted by Crippen LogP contribution is 2.32. The fourth-order valence-electron chi connectivity index (χ4n) is 2.11. The number of halogens is 2. The van der Waals surface area contributed by atoms with Crippen LogP contribution in [-0.2, 0) is 14.8 Å². The van der Waals surface area contributed by atoms with E-state index >= 15 is 0 Å². The number of amides is 1. The average molecular weight is 412 g/mol. The number of nitrogens with two attached hydrogens (primary N) is 1. The Morgan fingerprint density at radius 2 is 2.05 bits per heavy atom. The van der Waals surface area contributed by atoms with E-state index in [0.29, 0.717) is 28.3 Å². The number of sulfonamides is 1. The number of rotatable bonds is 3. The molecule has 8 heteroatoms. The van der Waals surface area contributed by atoms with Crippen LogP contribution in [0.15, 0.2) is 32.0 Å². The molecular weight excluding hydrogens is 400 g/mol. The van der Waals surface area contributed by atoms with Gasteiger partial charge in [0.1, 0.15) is 6.04 Å². The van der Waals surface area contributed by atoms with Crippen molar-refractivity contribution in [2.75, 3.05) is 6.54 Å². The number of carbonyl (C=O) groups is 1. The standard InChI is InChI=1S/C11H12Br2N2O3S/c12-7-3-4-8(13)10(6-7)19(17,18)15-5-1-2-9(15)11(14)16/h3-4,6,9H,1-2,5H2,(H2,14,16)/t9-/m0/s1. The Balaban J connectivity index is 2.48. The van der Waals surface area contributed by atoms with Crippen molar-refractivity contribution in [1.82, 2.24) is 4.31 Å². The van der Waals surface area contributed by atoms with Gasteiger partial charge in [0, 0.05) is 15.5 Å². The summed E-state index contributed by atoms with van der Waals surface area (Å²) in [7, 11) is -3.73. The molecule has 19 heavy (non-hydrogen) atoms. The first-order chi connectivity index (χ1) is 8.84. The summed E-state index contributed by atoms with van der Waals surface area (Å²) in [6.45, 7) is 0.314. The minimum atomic E-state index is -3.73.